The van der Waals surface area contributed by atoms with Crippen LogP contribution in [0.3, 0.4) is 0 Å². The molecule has 2 rings (SSSR count). The summed E-state index contributed by atoms with van der Waals surface area (Å²) in [5, 5.41) is 1.17. The normalized spacial score (nSPS) is 10.2. The fraction of sp³-hybridized carbons (Fsp3) is 0.167. The van der Waals surface area contributed by atoms with Crippen molar-refractivity contribution >= 4 is 10.9 Å². The zero-order valence-electron chi connectivity index (χ0n) is 7.83. The van der Waals surface area contributed by atoms with Gasteiger partial charge in [0.05, 0.1) is 5.56 Å². The van der Waals surface area contributed by atoms with Crippen LogP contribution in [0.4, 0.5) is 0 Å². The van der Waals surface area contributed by atoms with Gasteiger partial charge in [-0.25, -0.2) is 0 Å². The Labute approximate surface area is 78.0 Å². The van der Waals surface area contributed by atoms with Crippen LogP contribution < -0.4 is 0 Å². The van der Waals surface area contributed by atoms with Crippen LogP contribution in [-0.2, 0) is 7.05 Å². The molecule has 0 unspecified atom stereocenters. The molecule has 13 heavy (non-hydrogen) atoms. The topological polar surface area (TPSA) is 4.93 Å². The van der Waals surface area contributed by atoms with E-state index in [0.717, 1.165) is 11.3 Å². The van der Waals surface area contributed by atoms with Crippen LogP contribution in [0.25, 0.3) is 10.9 Å². The van der Waals surface area contributed by atoms with Crippen molar-refractivity contribution in [3.05, 3.63) is 35.5 Å². The van der Waals surface area contributed by atoms with E-state index in [4.69, 9.17) is 6.42 Å². The van der Waals surface area contributed by atoms with Crippen molar-refractivity contribution in [3.8, 4) is 12.3 Å². The Bertz CT molecular complexity index is 498. The van der Waals surface area contributed by atoms with Crippen molar-refractivity contribution < 1.29 is 0 Å². The number of aromatic nitrogens is 1. The molecule has 0 amide bonds. The van der Waals surface area contributed by atoms with E-state index in [1.807, 2.05) is 19.2 Å². The first kappa shape index (κ1) is 7.94. The van der Waals surface area contributed by atoms with E-state index in [2.05, 4.69) is 29.5 Å². The number of benzene rings is 1. The quantitative estimate of drug-likeness (QED) is 0.534. The molecule has 1 heteroatoms. The Hall–Kier alpha value is -1.68. The van der Waals surface area contributed by atoms with E-state index in [0.29, 0.717) is 0 Å². The second-order valence-electron chi connectivity index (χ2n) is 3.18. The molecular formula is C12H11N. The predicted molar refractivity (Wildman–Crippen MR) is 55.6 cm³/mol. The van der Waals surface area contributed by atoms with Crippen molar-refractivity contribution in [1.82, 2.24) is 4.57 Å². The minimum atomic E-state index is 1.01. The average molecular weight is 169 g/mol. The summed E-state index contributed by atoms with van der Waals surface area (Å²) in [7, 11) is 2.04. The molecule has 2 aromatic rings. The zero-order chi connectivity index (χ0) is 9.42. The van der Waals surface area contributed by atoms with Gasteiger partial charge in [-0.3, -0.25) is 0 Å². The number of hydrogen-bond acceptors (Lipinski definition) is 0. The lowest BCUT2D eigenvalue weighted by Crippen LogP contribution is -1.89. The highest BCUT2D eigenvalue weighted by Gasteiger charge is 2.07. The third kappa shape index (κ3) is 0.957. The summed E-state index contributed by atoms with van der Waals surface area (Å²) in [5.74, 6) is 2.74. The van der Waals surface area contributed by atoms with Crippen molar-refractivity contribution in [2.24, 2.45) is 7.05 Å². The number of hydrogen-bond donors (Lipinski definition) is 0. The molecular weight excluding hydrogens is 158 g/mol. The molecule has 1 nitrogen and oxygen atoms in total. The van der Waals surface area contributed by atoms with Gasteiger partial charge >= 0.3 is 0 Å². The van der Waals surface area contributed by atoms with Crippen molar-refractivity contribution in [1.29, 1.82) is 0 Å². The first-order valence-corrected chi connectivity index (χ1v) is 4.26. The molecule has 0 fully saturated rings. The minimum absolute atomic E-state index is 1.01. The Balaban J connectivity index is 3.00. The SMILES string of the molecule is C#Cc1c(C)n(C)c2ccccc12. The Morgan fingerprint density at radius 3 is 2.69 bits per heavy atom. The van der Waals surface area contributed by atoms with E-state index in [9.17, 15) is 0 Å². The fourth-order valence-electron chi connectivity index (χ4n) is 1.70. The monoisotopic (exact) mass is 169 g/mol. The molecule has 64 valence electrons. The highest BCUT2D eigenvalue weighted by Crippen LogP contribution is 2.23. The molecule has 0 atom stereocenters. The van der Waals surface area contributed by atoms with Gasteiger partial charge in [-0.05, 0) is 13.0 Å². The van der Waals surface area contributed by atoms with E-state index in [-0.39, 0.29) is 0 Å². The van der Waals surface area contributed by atoms with Crippen LogP contribution in [0.2, 0.25) is 0 Å². The molecule has 0 aliphatic carbocycles. The average Bonchev–Trinajstić information content (AvgIpc) is 2.41. The van der Waals surface area contributed by atoms with Gasteiger partial charge in [-0.2, -0.15) is 0 Å². The largest absolute Gasteiger partial charge is 0.347 e. The van der Waals surface area contributed by atoms with Gasteiger partial charge in [0.15, 0.2) is 0 Å². The molecule has 0 saturated carbocycles. The maximum Gasteiger partial charge on any atom is 0.0527 e. The highest BCUT2D eigenvalue weighted by molar-refractivity contribution is 5.88. The van der Waals surface area contributed by atoms with Crippen molar-refractivity contribution in [2.75, 3.05) is 0 Å². The molecule has 0 N–H and O–H groups in total. The number of fused-ring (bicyclic) bond motifs is 1. The number of aryl methyl sites for hydroxylation is 1. The molecule has 1 heterocycles. The summed E-state index contributed by atoms with van der Waals surface area (Å²) in [6, 6.07) is 8.20. The van der Waals surface area contributed by atoms with Crippen LogP contribution in [0.1, 0.15) is 11.3 Å². The highest BCUT2D eigenvalue weighted by atomic mass is 14.9. The lowest BCUT2D eigenvalue weighted by molar-refractivity contribution is 0.915. The van der Waals surface area contributed by atoms with E-state index in [1.54, 1.807) is 0 Å². The minimum Gasteiger partial charge on any atom is -0.347 e. The van der Waals surface area contributed by atoms with Crippen LogP contribution in [-0.4, -0.2) is 4.57 Å². The molecule has 0 spiro atoms. The van der Waals surface area contributed by atoms with E-state index in [1.165, 1.54) is 10.9 Å². The van der Waals surface area contributed by atoms with E-state index >= 15 is 0 Å². The Morgan fingerprint density at radius 1 is 1.31 bits per heavy atom. The van der Waals surface area contributed by atoms with Crippen LogP contribution >= 0.6 is 0 Å². The Morgan fingerprint density at radius 2 is 2.00 bits per heavy atom. The van der Waals surface area contributed by atoms with Gasteiger partial charge in [0.25, 0.3) is 0 Å². The molecule has 0 saturated heterocycles. The third-order valence-corrected chi connectivity index (χ3v) is 2.54. The van der Waals surface area contributed by atoms with Crippen molar-refractivity contribution in [2.45, 2.75) is 6.92 Å². The van der Waals surface area contributed by atoms with Gasteiger partial charge in [-0.1, -0.05) is 24.1 Å². The summed E-state index contributed by atoms with van der Waals surface area (Å²) in [6.07, 6.45) is 5.47. The number of nitrogens with zero attached hydrogens (tertiary/aromatic N) is 1. The molecule has 1 aromatic carbocycles. The molecule has 0 radical (unpaired) electrons. The summed E-state index contributed by atoms with van der Waals surface area (Å²) in [4.78, 5) is 0. The van der Waals surface area contributed by atoms with Crippen LogP contribution in [0.5, 0.6) is 0 Å². The van der Waals surface area contributed by atoms with Gasteiger partial charge < -0.3 is 4.57 Å². The van der Waals surface area contributed by atoms with Gasteiger partial charge in [-0.15, -0.1) is 6.42 Å². The fourth-order valence-corrected chi connectivity index (χ4v) is 1.70. The van der Waals surface area contributed by atoms with Crippen molar-refractivity contribution in [3.63, 3.8) is 0 Å². The summed E-state index contributed by atoms with van der Waals surface area (Å²) in [5.41, 5.74) is 3.37. The second kappa shape index (κ2) is 2.67. The summed E-state index contributed by atoms with van der Waals surface area (Å²) >= 11 is 0. The number of rotatable bonds is 0. The molecule has 1 aromatic heterocycles. The van der Waals surface area contributed by atoms with Crippen LogP contribution in [0, 0.1) is 19.3 Å². The van der Waals surface area contributed by atoms with Gasteiger partial charge in [0.2, 0.25) is 0 Å². The third-order valence-electron chi connectivity index (χ3n) is 2.54. The lowest BCUT2D eigenvalue weighted by atomic mass is 10.1. The molecule has 0 aliphatic heterocycles. The second-order valence-corrected chi connectivity index (χ2v) is 3.18. The predicted octanol–water partition coefficient (Wildman–Crippen LogP) is 2.47. The molecule has 0 aliphatic rings. The van der Waals surface area contributed by atoms with Gasteiger partial charge in [0, 0.05) is 23.6 Å². The lowest BCUT2D eigenvalue weighted by Gasteiger charge is -1.96. The number of terminal acetylenes is 1. The van der Waals surface area contributed by atoms with E-state index < -0.39 is 0 Å². The number of para-hydroxylation sites is 1. The first-order chi connectivity index (χ1) is 6.25. The van der Waals surface area contributed by atoms with Gasteiger partial charge in [0.1, 0.15) is 0 Å². The maximum atomic E-state index is 5.47. The summed E-state index contributed by atoms with van der Waals surface area (Å²) < 4.78 is 2.13. The zero-order valence-corrected chi connectivity index (χ0v) is 7.83. The standard InChI is InChI=1S/C12H11N/c1-4-10-9(2)13(3)12-8-6-5-7-11(10)12/h1,5-8H,2-3H3. The Kier molecular flexibility index (Phi) is 1.63. The summed E-state index contributed by atoms with van der Waals surface area (Å²) in [6.45, 7) is 2.05. The maximum absolute atomic E-state index is 5.47. The van der Waals surface area contributed by atoms with Crippen LogP contribution in [0.15, 0.2) is 24.3 Å². The molecule has 0 bridgehead atoms. The smallest absolute Gasteiger partial charge is 0.0527 e. The first-order valence-electron chi connectivity index (χ1n) is 4.26.